The van der Waals surface area contributed by atoms with Crippen molar-refractivity contribution in [1.82, 2.24) is 4.98 Å². The molecular weight excluding hydrogens is 278 g/mol. The number of hydrogen-bond acceptors (Lipinski definition) is 4. The van der Waals surface area contributed by atoms with Crippen LogP contribution in [-0.2, 0) is 0 Å². The van der Waals surface area contributed by atoms with Crippen LogP contribution in [0.4, 0.5) is 11.4 Å². The largest absolute Gasteiger partial charge is 0.478 e. The summed E-state index contributed by atoms with van der Waals surface area (Å²) in [5.41, 5.74) is 3.53. The van der Waals surface area contributed by atoms with Crippen LogP contribution < -0.4 is 10.9 Å². The molecule has 3 aromatic rings. The molecule has 0 bridgehead atoms. The monoisotopic (exact) mass is 293 g/mol. The number of aryl methyl sites for hydroxylation is 1. The Balaban J connectivity index is 2.10. The fourth-order valence-electron chi connectivity index (χ4n) is 2.30. The minimum Gasteiger partial charge on any atom is -0.478 e. The van der Waals surface area contributed by atoms with Crippen molar-refractivity contribution in [2.45, 2.75) is 6.92 Å². The van der Waals surface area contributed by atoms with Gasteiger partial charge < -0.3 is 5.11 Å². The van der Waals surface area contributed by atoms with Gasteiger partial charge in [-0.2, -0.15) is 0 Å². The maximum Gasteiger partial charge on any atom is 0.337 e. The van der Waals surface area contributed by atoms with Crippen molar-refractivity contribution in [2.75, 3.05) is 5.01 Å². The number of pyridine rings is 1. The summed E-state index contributed by atoms with van der Waals surface area (Å²) in [6.45, 7) is 2.01. The van der Waals surface area contributed by atoms with E-state index in [0.29, 0.717) is 5.52 Å². The molecule has 22 heavy (non-hydrogen) atoms. The van der Waals surface area contributed by atoms with Gasteiger partial charge in [0.05, 0.1) is 22.5 Å². The molecule has 0 aliphatic rings. The summed E-state index contributed by atoms with van der Waals surface area (Å²) >= 11 is 0. The number of nitrogens with zero attached hydrogens (tertiary/aromatic N) is 2. The number of nitrogens with two attached hydrogens (primary N) is 1. The molecule has 0 saturated heterocycles. The van der Waals surface area contributed by atoms with E-state index in [4.69, 9.17) is 10.9 Å². The minimum atomic E-state index is -0.997. The third kappa shape index (κ3) is 2.49. The molecule has 5 heteroatoms. The molecule has 0 saturated carbocycles. The zero-order valence-electron chi connectivity index (χ0n) is 12.0. The molecule has 3 N–H and O–H groups in total. The van der Waals surface area contributed by atoms with Crippen LogP contribution in [-0.4, -0.2) is 16.1 Å². The fourth-order valence-corrected chi connectivity index (χ4v) is 2.30. The maximum absolute atomic E-state index is 11.0. The summed E-state index contributed by atoms with van der Waals surface area (Å²) in [4.78, 5) is 15.3. The molecule has 3 rings (SSSR count). The third-order valence-corrected chi connectivity index (χ3v) is 3.51. The molecule has 1 heterocycles. The SMILES string of the molecule is Cc1ccc(N(N)c2cccc3cc(C(=O)O)cnc23)cc1. The highest BCUT2D eigenvalue weighted by atomic mass is 16.4. The van der Waals surface area contributed by atoms with Gasteiger partial charge in [-0.25, -0.2) is 10.6 Å². The van der Waals surface area contributed by atoms with Crippen molar-refractivity contribution < 1.29 is 9.90 Å². The van der Waals surface area contributed by atoms with Crippen LogP contribution in [0.2, 0.25) is 0 Å². The molecule has 5 nitrogen and oxygen atoms in total. The van der Waals surface area contributed by atoms with E-state index < -0.39 is 5.97 Å². The van der Waals surface area contributed by atoms with Crippen LogP contribution in [0.25, 0.3) is 10.9 Å². The second kappa shape index (κ2) is 5.46. The Bertz CT molecular complexity index is 844. The van der Waals surface area contributed by atoms with Crippen LogP contribution in [0, 0.1) is 6.92 Å². The quantitative estimate of drug-likeness (QED) is 0.572. The van der Waals surface area contributed by atoms with Gasteiger partial charge in [0.1, 0.15) is 0 Å². The third-order valence-electron chi connectivity index (χ3n) is 3.51. The van der Waals surface area contributed by atoms with Crippen molar-refractivity contribution in [2.24, 2.45) is 5.84 Å². The Morgan fingerprint density at radius 1 is 1.18 bits per heavy atom. The van der Waals surface area contributed by atoms with Crippen molar-refractivity contribution in [3.8, 4) is 0 Å². The summed E-state index contributed by atoms with van der Waals surface area (Å²) in [6, 6.07) is 14.9. The number of aromatic carboxylic acids is 1. The van der Waals surface area contributed by atoms with Crippen molar-refractivity contribution in [3.05, 3.63) is 65.9 Å². The standard InChI is InChI=1S/C17H15N3O2/c1-11-5-7-14(8-6-11)20(18)15-4-2-3-12-9-13(17(21)22)10-19-16(12)15/h2-10H,18H2,1H3,(H,21,22). The van der Waals surface area contributed by atoms with Gasteiger partial charge in [0.15, 0.2) is 0 Å². The lowest BCUT2D eigenvalue weighted by Gasteiger charge is -2.20. The summed E-state index contributed by atoms with van der Waals surface area (Å²) in [7, 11) is 0. The first-order valence-electron chi connectivity index (χ1n) is 6.80. The highest BCUT2D eigenvalue weighted by Gasteiger charge is 2.12. The Labute approximate surface area is 127 Å². The molecule has 0 aliphatic heterocycles. The van der Waals surface area contributed by atoms with Gasteiger partial charge in [-0.3, -0.25) is 9.99 Å². The Hall–Kier alpha value is -2.92. The summed E-state index contributed by atoms with van der Waals surface area (Å²) < 4.78 is 0. The van der Waals surface area contributed by atoms with E-state index in [2.05, 4.69) is 4.98 Å². The second-order valence-corrected chi connectivity index (χ2v) is 5.08. The number of para-hydroxylation sites is 1. The molecule has 0 aliphatic carbocycles. The predicted octanol–water partition coefficient (Wildman–Crippen LogP) is 3.25. The summed E-state index contributed by atoms with van der Waals surface area (Å²) in [6.07, 6.45) is 1.34. The molecule has 0 unspecified atom stereocenters. The number of hydrazine groups is 1. The van der Waals surface area contributed by atoms with E-state index in [1.807, 2.05) is 49.4 Å². The van der Waals surface area contributed by atoms with Gasteiger partial charge in [-0.05, 0) is 31.2 Å². The predicted molar refractivity (Wildman–Crippen MR) is 86.2 cm³/mol. The lowest BCUT2D eigenvalue weighted by molar-refractivity contribution is 0.0696. The fraction of sp³-hybridized carbons (Fsp3) is 0.0588. The number of benzene rings is 2. The Kier molecular flexibility index (Phi) is 3.48. The van der Waals surface area contributed by atoms with Gasteiger partial charge in [0, 0.05) is 11.6 Å². The number of carboxylic acids is 1. The number of carboxylic acid groups (broad SMARTS) is 1. The molecule has 0 fully saturated rings. The molecule has 110 valence electrons. The Morgan fingerprint density at radius 2 is 1.91 bits per heavy atom. The van der Waals surface area contributed by atoms with Crippen molar-refractivity contribution in [1.29, 1.82) is 0 Å². The average molecular weight is 293 g/mol. The normalized spacial score (nSPS) is 10.6. The van der Waals surface area contributed by atoms with Crippen LogP contribution in [0.5, 0.6) is 0 Å². The van der Waals surface area contributed by atoms with E-state index in [1.165, 1.54) is 6.20 Å². The summed E-state index contributed by atoms with van der Waals surface area (Å²) in [5.74, 6) is 5.21. The number of fused-ring (bicyclic) bond motifs is 1. The van der Waals surface area contributed by atoms with Crippen LogP contribution in [0.3, 0.4) is 0 Å². The van der Waals surface area contributed by atoms with Crippen LogP contribution in [0.15, 0.2) is 54.7 Å². The smallest absolute Gasteiger partial charge is 0.337 e. The first-order chi connectivity index (χ1) is 10.6. The van der Waals surface area contributed by atoms with Crippen LogP contribution >= 0.6 is 0 Å². The van der Waals surface area contributed by atoms with Gasteiger partial charge in [-0.1, -0.05) is 29.8 Å². The Morgan fingerprint density at radius 3 is 2.59 bits per heavy atom. The van der Waals surface area contributed by atoms with E-state index in [1.54, 1.807) is 11.1 Å². The van der Waals surface area contributed by atoms with Crippen molar-refractivity contribution >= 4 is 28.2 Å². The van der Waals surface area contributed by atoms with Gasteiger partial charge in [0.25, 0.3) is 0 Å². The van der Waals surface area contributed by atoms with Gasteiger partial charge in [-0.15, -0.1) is 0 Å². The molecule has 1 aromatic heterocycles. The van der Waals surface area contributed by atoms with Gasteiger partial charge in [0.2, 0.25) is 0 Å². The van der Waals surface area contributed by atoms with Crippen LogP contribution in [0.1, 0.15) is 15.9 Å². The lowest BCUT2D eigenvalue weighted by atomic mass is 10.1. The number of aromatic nitrogens is 1. The molecule has 0 amide bonds. The van der Waals surface area contributed by atoms with E-state index in [-0.39, 0.29) is 5.56 Å². The number of rotatable bonds is 3. The number of carbonyl (C=O) groups is 1. The first kappa shape index (κ1) is 14.0. The number of anilines is 2. The minimum absolute atomic E-state index is 0.156. The average Bonchev–Trinajstić information content (AvgIpc) is 2.53. The van der Waals surface area contributed by atoms with E-state index in [9.17, 15) is 4.79 Å². The lowest BCUT2D eigenvalue weighted by Crippen LogP contribution is -2.25. The number of hydrogen-bond donors (Lipinski definition) is 2. The molecule has 0 atom stereocenters. The van der Waals surface area contributed by atoms with Gasteiger partial charge >= 0.3 is 5.97 Å². The molecule has 0 spiro atoms. The maximum atomic E-state index is 11.0. The first-order valence-corrected chi connectivity index (χ1v) is 6.80. The van der Waals surface area contributed by atoms with E-state index in [0.717, 1.165) is 22.3 Å². The molecule has 2 aromatic carbocycles. The van der Waals surface area contributed by atoms with Crippen molar-refractivity contribution in [3.63, 3.8) is 0 Å². The molecular formula is C17H15N3O2. The zero-order valence-corrected chi connectivity index (χ0v) is 12.0. The highest BCUT2D eigenvalue weighted by molar-refractivity contribution is 5.97. The summed E-state index contributed by atoms with van der Waals surface area (Å²) in [5, 5.41) is 11.3. The highest BCUT2D eigenvalue weighted by Crippen LogP contribution is 2.29. The topological polar surface area (TPSA) is 79.5 Å². The second-order valence-electron chi connectivity index (χ2n) is 5.08. The van der Waals surface area contributed by atoms with E-state index >= 15 is 0 Å². The zero-order chi connectivity index (χ0) is 15.7. The molecule has 0 radical (unpaired) electrons.